The lowest BCUT2D eigenvalue weighted by molar-refractivity contribution is -0.119. The molecule has 0 radical (unpaired) electrons. The fourth-order valence-electron chi connectivity index (χ4n) is 1.89. The number of allylic oxidation sites excluding steroid dienone is 2. The quantitative estimate of drug-likeness (QED) is 0.383. The van der Waals surface area contributed by atoms with Crippen LogP contribution >= 0.6 is 0 Å². The monoisotopic (exact) mass is 194 g/mol. The van der Waals surface area contributed by atoms with Crippen LogP contribution in [0.3, 0.4) is 0 Å². The summed E-state index contributed by atoms with van der Waals surface area (Å²) in [6.07, 6.45) is 11.4. The molecule has 0 N–H and O–H groups in total. The molecule has 0 aromatic rings. The van der Waals surface area contributed by atoms with Gasteiger partial charge in [-0.2, -0.15) is 0 Å². The van der Waals surface area contributed by atoms with E-state index in [2.05, 4.69) is 0 Å². The maximum Gasteiger partial charge on any atom is 0.158 e. The van der Waals surface area contributed by atoms with Gasteiger partial charge in [-0.05, 0) is 25.3 Å². The first-order chi connectivity index (χ1) is 6.84. The van der Waals surface area contributed by atoms with Crippen molar-refractivity contribution in [3.63, 3.8) is 0 Å². The standard InChI is InChI=1S/C12H18O2/c13-10-6-2-5-9-12(14)11-7-3-1-4-8-11/h5,9-11H,1-4,6-8H2. The summed E-state index contributed by atoms with van der Waals surface area (Å²) >= 11 is 0. The summed E-state index contributed by atoms with van der Waals surface area (Å²) in [6.45, 7) is 0. The number of carbonyl (C=O) groups excluding carboxylic acids is 2. The summed E-state index contributed by atoms with van der Waals surface area (Å²) in [4.78, 5) is 21.6. The van der Waals surface area contributed by atoms with Crippen molar-refractivity contribution in [2.24, 2.45) is 5.92 Å². The van der Waals surface area contributed by atoms with Crippen molar-refractivity contribution in [1.29, 1.82) is 0 Å². The van der Waals surface area contributed by atoms with Crippen molar-refractivity contribution in [1.82, 2.24) is 0 Å². The molecule has 0 heterocycles. The second-order valence-corrected chi connectivity index (χ2v) is 3.88. The number of ketones is 1. The van der Waals surface area contributed by atoms with E-state index in [1.165, 1.54) is 19.3 Å². The molecule has 78 valence electrons. The van der Waals surface area contributed by atoms with Gasteiger partial charge < -0.3 is 4.79 Å². The molecule has 0 aromatic heterocycles. The molecule has 1 aliphatic rings. The van der Waals surface area contributed by atoms with E-state index in [1.54, 1.807) is 6.08 Å². The minimum Gasteiger partial charge on any atom is -0.303 e. The minimum absolute atomic E-state index is 0.260. The van der Waals surface area contributed by atoms with Gasteiger partial charge in [0.1, 0.15) is 6.29 Å². The highest BCUT2D eigenvalue weighted by Gasteiger charge is 2.18. The first kappa shape index (κ1) is 11.2. The third-order valence-corrected chi connectivity index (χ3v) is 2.74. The first-order valence-electron chi connectivity index (χ1n) is 5.48. The Morgan fingerprint density at radius 2 is 1.86 bits per heavy atom. The lowest BCUT2D eigenvalue weighted by Crippen LogP contribution is -2.15. The van der Waals surface area contributed by atoms with Crippen LogP contribution in [0.2, 0.25) is 0 Å². The second-order valence-electron chi connectivity index (χ2n) is 3.88. The molecular formula is C12H18O2. The van der Waals surface area contributed by atoms with Crippen molar-refractivity contribution >= 4 is 12.1 Å². The molecule has 0 spiro atoms. The number of hydrogen-bond donors (Lipinski definition) is 0. The van der Waals surface area contributed by atoms with Gasteiger partial charge in [0, 0.05) is 12.3 Å². The second kappa shape index (κ2) is 6.52. The molecule has 1 aliphatic carbocycles. The molecule has 2 nitrogen and oxygen atoms in total. The van der Waals surface area contributed by atoms with Crippen molar-refractivity contribution in [2.45, 2.75) is 44.9 Å². The van der Waals surface area contributed by atoms with Gasteiger partial charge >= 0.3 is 0 Å². The van der Waals surface area contributed by atoms with Crippen molar-refractivity contribution in [3.8, 4) is 0 Å². The van der Waals surface area contributed by atoms with Crippen LogP contribution in [0.1, 0.15) is 44.9 Å². The van der Waals surface area contributed by atoms with Crippen molar-refractivity contribution < 1.29 is 9.59 Å². The van der Waals surface area contributed by atoms with E-state index in [0.717, 1.165) is 19.1 Å². The average Bonchev–Trinajstić information content (AvgIpc) is 2.25. The number of hydrogen-bond acceptors (Lipinski definition) is 2. The van der Waals surface area contributed by atoms with Crippen molar-refractivity contribution in [3.05, 3.63) is 12.2 Å². The summed E-state index contributed by atoms with van der Waals surface area (Å²) in [7, 11) is 0. The normalized spacial score (nSPS) is 18.6. The zero-order valence-corrected chi connectivity index (χ0v) is 8.58. The molecule has 0 bridgehead atoms. The Hall–Kier alpha value is -0.920. The van der Waals surface area contributed by atoms with E-state index in [4.69, 9.17) is 0 Å². The topological polar surface area (TPSA) is 34.1 Å². The summed E-state index contributed by atoms with van der Waals surface area (Å²) in [6, 6.07) is 0. The molecule has 0 atom stereocenters. The smallest absolute Gasteiger partial charge is 0.158 e. The average molecular weight is 194 g/mol. The molecule has 0 amide bonds. The Bertz CT molecular complexity index is 212. The zero-order chi connectivity index (χ0) is 10.2. The van der Waals surface area contributed by atoms with Gasteiger partial charge in [0.2, 0.25) is 0 Å². The highest BCUT2D eigenvalue weighted by molar-refractivity contribution is 5.91. The van der Waals surface area contributed by atoms with Gasteiger partial charge in [-0.15, -0.1) is 0 Å². The minimum atomic E-state index is 0.260. The molecular weight excluding hydrogens is 176 g/mol. The lowest BCUT2D eigenvalue weighted by atomic mass is 9.86. The number of carbonyl (C=O) groups is 2. The molecule has 0 unspecified atom stereocenters. The van der Waals surface area contributed by atoms with E-state index in [9.17, 15) is 9.59 Å². The Kier molecular flexibility index (Phi) is 5.20. The van der Waals surface area contributed by atoms with Crippen LogP contribution in [0.25, 0.3) is 0 Å². The van der Waals surface area contributed by atoms with Crippen LogP contribution in [0.4, 0.5) is 0 Å². The molecule has 0 aliphatic heterocycles. The first-order valence-corrected chi connectivity index (χ1v) is 5.48. The van der Waals surface area contributed by atoms with Crippen LogP contribution in [0.15, 0.2) is 12.2 Å². The molecule has 14 heavy (non-hydrogen) atoms. The third kappa shape index (κ3) is 3.86. The van der Waals surface area contributed by atoms with Gasteiger partial charge in [-0.25, -0.2) is 0 Å². The van der Waals surface area contributed by atoms with E-state index in [1.807, 2.05) is 6.08 Å². The Morgan fingerprint density at radius 1 is 1.14 bits per heavy atom. The number of unbranched alkanes of at least 4 members (excludes halogenated alkanes) is 1. The van der Waals surface area contributed by atoms with E-state index < -0.39 is 0 Å². The van der Waals surface area contributed by atoms with Crippen LogP contribution in [0, 0.1) is 5.92 Å². The van der Waals surface area contributed by atoms with Gasteiger partial charge in [0.15, 0.2) is 5.78 Å². The van der Waals surface area contributed by atoms with Crippen LogP contribution < -0.4 is 0 Å². The number of aldehydes is 1. The van der Waals surface area contributed by atoms with Crippen molar-refractivity contribution in [2.75, 3.05) is 0 Å². The highest BCUT2D eigenvalue weighted by Crippen LogP contribution is 2.24. The largest absolute Gasteiger partial charge is 0.303 e. The summed E-state index contributed by atoms with van der Waals surface area (Å²) in [5.74, 6) is 0.520. The highest BCUT2D eigenvalue weighted by atomic mass is 16.1. The van der Waals surface area contributed by atoms with Crippen LogP contribution in [-0.2, 0) is 9.59 Å². The zero-order valence-electron chi connectivity index (χ0n) is 8.58. The van der Waals surface area contributed by atoms with Gasteiger partial charge in [0.25, 0.3) is 0 Å². The number of rotatable bonds is 5. The van der Waals surface area contributed by atoms with E-state index in [0.29, 0.717) is 12.8 Å². The molecule has 1 rings (SSSR count). The van der Waals surface area contributed by atoms with E-state index in [-0.39, 0.29) is 11.7 Å². The predicted molar refractivity (Wildman–Crippen MR) is 56.0 cm³/mol. The third-order valence-electron chi connectivity index (χ3n) is 2.74. The predicted octanol–water partition coefficient (Wildman–Crippen LogP) is 2.67. The maximum absolute atomic E-state index is 11.6. The fourth-order valence-corrected chi connectivity index (χ4v) is 1.89. The van der Waals surface area contributed by atoms with Crippen LogP contribution in [-0.4, -0.2) is 12.1 Å². The Morgan fingerprint density at radius 3 is 2.50 bits per heavy atom. The van der Waals surface area contributed by atoms with Gasteiger partial charge in [-0.1, -0.05) is 25.3 Å². The fraction of sp³-hybridized carbons (Fsp3) is 0.667. The SMILES string of the molecule is O=CCCC=CC(=O)C1CCCCC1. The Balaban J connectivity index is 2.25. The van der Waals surface area contributed by atoms with Gasteiger partial charge in [-0.3, -0.25) is 4.79 Å². The molecule has 0 aromatic carbocycles. The molecule has 1 saturated carbocycles. The Labute approximate surface area is 85.4 Å². The summed E-state index contributed by atoms with van der Waals surface area (Å²) in [5.41, 5.74) is 0. The van der Waals surface area contributed by atoms with E-state index >= 15 is 0 Å². The summed E-state index contributed by atoms with van der Waals surface area (Å²) < 4.78 is 0. The summed E-state index contributed by atoms with van der Waals surface area (Å²) in [5, 5.41) is 0. The lowest BCUT2D eigenvalue weighted by Gasteiger charge is -2.18. The molecule has 1 fully saturated rings. The molecule has 0 saturated heterocycles. The van der Waals surface area contributed by atoms with Crippen LogP contribution in [0.5, 0.6) is 0 Å². The molecule has 2 heteroatoms. The maximum atomic E-state index is 11.6. The van der Waals surface area contributed by atoms with Gasteiger partial charge in [0.05, 0.1) is 0 Å².